The van der Waals surface area contributed by atoms with Crippen molar-refractivity contribution in [2.75, 3.05) is 20.1 Å². The van der Waals surface area contributed by atoms with E-state index in [2.05, 4.69) is 21.9 Å². The zero-order valence-corrected chi connectivity index (χ0v) is 7.62. The molecular weight excluding hydrogens is 174 g/mol. The molecule has 0 atom stereocenters. The lowest BCUT2D eigenvalue weighted by molar-refractivity contribution is 0.186. The molecular formula is C8H10ClN3. The molecule has 4 heteroatoms. The van der Waals surface area contributed by atoms with E-state index < -0.39 is 0 Å². The summed E-state index contributed by atoms with van der Waals surface area (Å²) < 4.78 is 0. The van der Waals surface area contributed by atoms with Crippen LogP contribution >= 0.6 is 11.6 Å². The second-order valence-electron chi connectivity index (χ2n) is 3.15. The van der Waals surface area contributed by atoms with Gasteiger partial charge in [-0.1, -0.05) is 11.6 Å². The van der Waals surface area contributed by atoms with Crippen molar-refractivity contribution >= 4 is 11.6 Å². The molecule has 1 saturated heterocycles. The van der Waals surface area contributed by atoms with Crippen molar-refractivity contribution in [3.63, 3.8) is 0 Å². The fourth-order valence-corrected chi connectivity index (χ4v) is 1.74. The molecule has 0 unspecified atom stereocenters. The molecule has 1 fully saturated rings. The fraction of sp³-hybridized carbons (Fsp3) is 0.500. The first-order valence-electron chi connectivity index (χ1n) is 3.92. The normalized spacial score (nSPS) is 19.2. The number of rotatable bonds is 1. The molecule has 64 valence electrons. The zero-order valence-electron chi connectivity index (χ0n) is 6.87. The van der Waals surface area contributed by atoms with Gasteiger partial charge in [-0.25, -0.2) is 4.98 Å². The Morgan fingerprint density at radius 2 is 2.08 bits per heavy atom. The van der Waals surface area contributed by atoms with Gasteiger partial charge in [0.05, 0.1) is 5.69 Å². The second kappa shape index (κ2) is 2.99. The molecule has 0 spiro atoms. The number of hydrogen-bond donors (Lipinski definition) is 0. The van der Waals surface area contributed by atoms with Gasteiger partial charge in [0.15, 0.2) is 5.15 Å². The van der Waals surface area contributed by atoms with Gasteiger partial charge in [0.25, 0.3) is 0 Å². The Morgan fingerprint density at radius 1 is 1.42 bits per heavy atom. The van der Waals surface area contributed by atoms with E-state index in [1.165, 1.54) is 0 Å². The lowest BCUT2D eigenvalue weighted by atomic mass is 9.98. The Labute approximate surface area is 76.4 Å². The van der Waals surface area contributed by atoms with Crippen molar-refractivity contribution in [3.05, 3.63) is 23.2 Å². The van der Waals surface area contributed by atoms with Crippen LogP contribution in [0.1, 0.15) is 11.6 Å². The van der Waals surface area contributed by atoms with Crippen molar-refractivity contribution in [1.82, 2.24) is 14.9 Å². The number of nitrogens with zero attached hydrogens (tertiary/aromatic N) is 3. The van der Waals surface area contributed by atoms with Crippen LogP contribution in [0.3, 0.4) is 0 Å². The van der Waals surface area contributed by atoms with Gasteiger partial charge in [-0.2, -0.15) is 0 Å². The number of likely N-dealkylation sites (N-methyl/N-ethyl adjacent to an activating group) is 1. The number of halogens is 1. The van der Waals surface area contributed by atoms with Crippen molar-refractivity contribution in [2.45, 2.75) is 5.92 Å². The van der Waals surface area contributed by atoms with E-state index in [0.717, 1.165) is 18.8 Å². The standard InChI is InChI=1S/C8H10ClN3/c1-12-4-6(5-12)7-8(9)11-3-2-10-7/h2-3,6H,4-5H2,1H3. The van der Waals surface area contributed by atoms with E-state index in [1.807, 2.05) is 0 Å². The Bertz CT molecular complexity index is 283. The summed E-state index contributed by atoms with van der Waals surface area (Å²) in [4.78, 5) is 10.4. The van der Waals surface area contributed by atoms with Crippen LogP contribution in [0, 0.1) is 0 Å². The van der Waals surface area contributed by atoms with Gasteiger partial charge < -0.3 is 4.90 Å². The minimum Gasteiger partial charge on any atom is -0.305 e. The molecule has 0 aliphatic carbocycles. The van der Waals surface area contributed by atoms with Crippen LogP contribution in [0.15, 0.2) is 12.4 Å². The molecule has 1 aliphatic heterocycles. The Balaban J connectivity index is 2.18. The molecule has 0 saturated carbocycles. The quantitative estimate of drug-likeness (QED) is 0.655. The first-order chi connectivity index (χ1) is 5.77. The molecule has 1 aliphatic rings. The molecule has 12 heavy (non-hydrogen) atoms. The van der Waals surface area contributed by atoms with Crippen LogP contribution in [0.25, 0.3) is 0 Å². The molecule has 0 amide bonds. The molecule has 3 nitrogen and oxygen atoms in total. The molecule has 0 bridgehead atoms. The summed E-state index contributed by atoms with van der Waals surface area (Å²) in [5.41, 5.74) is 0.942. The molecule has 1 aromatic heterocycles. The third-order valence-corrected chi connectivity index (χ3v) is 2.42. The van der Waals surface area contributed by atoms with Gasteiger partial charge >= 0.3 is 0 Å². The Hall–Kier alpha value is -0.670. The van der Waals surface area contributed by atoms with Crippen LogP contribution in [0.5, 0.6) is 0 Å². The van der Waals surface area contributed by atoms with E-state index in [4.69, 9.17) is 11.6 Å². The molecule has 1 aromatic rings. The highest BCUT2D eigenvalue weighted by Crippen LogP contribution is 2.27. The van der Waals surface area contributed by atoms with Gasteiger partial charge in [-0.15, -0.1) is 0 Å². The third kappa shape index (κ3) is 1.30. The average Bonchev–Trinajstić information content (AvgIpc) is 2.01. The summed E-state index contributed by atoms with van der Waals surface area (Å²) in [6.45, 7) is 2.08. The van der Waals surface area contributed by atoms with Crippen LogP contribution in [-0.4, -0.2) is 35.0 Å². The minimum atomic E-state index is 0.483. The molecule has 0 radical (unpaired) electrons. The molecule has 2 rings (SSSR count). The second-order valence-corrected chi connectivity index (χ2v) is 3.51. The monoisotopic (exact) mass is 183 g/mol. The maximum absolute atomic E-state index is 5.89. The maximum atomic E-state index is 5.89. The zero-order chi connectivity index (χ0) is 8.55. The van der Waals surface area contributed by atoms with Crippen molar-refractivity contribution in [1.29, 1.82) is 0 Å². The first kappa shape index (κ1) is 7.95. The highest BCUT2D eigenvalue weighted by molar-refractivity contribution is 6.30. The molecule has 2 heterocycles. The van der Waals surface area contributed by atoms with Gasteiger partial charge in [-0.05, 0) is 7.05 Å². The summed E-state index contributed by atoms with van der Waals surface area (Å²) >= 11 is 5.89. The predicted octanol–water partition coefficient (Wildman–Crippen LogP) is 1.16. The number of aromatic nitrogens is 2. The van der Waals surface area contributed by atoms with Gasteiger partial charge in [0, 0.05) is 31.4 Å². The predicted molar refractivity (Wildman–Crippen MR) is 47.3 cm³/mol. The highest BCUT2D eigenvalue weighted by atomic mass is 35.5. The smallest absolute Gasteiger partial charge is 0.150 e. The van der Waals surface area contributed by atoms with Crippen LogP contribution in [0.4, 0.5) is 0 Å². The van der Waals surface area contributed by atoms with E-state index in [9.17, 15) is 0 Å². The van der Waals surface area contributed by atoms with Gasteiger partial charge in [0.1, 0.15) is 0 Å². The summed E-state index contributed by atoms with van der Waals surface area (Å²) in [5, 5.41) is 0.551. The first-order valence-corrected chi connectivity index (χ1v) is 4.30. The summed E-state index contributed by atoms with van der Waals surface area (Å²) in [6, 6.07) is 0. The Kier molecular flexibility index (Phi) is 1.98. The lowest BCUT2D eigenvalue weighted by Crippen LogP contribution is -2.42. The largest absolute Gasteiger partial charge is 0.305 e. The van der Waals surface area contributed by atoms with Crippen molar-refractivity contribution in [3.8, 4) is 0 Å². The average molecular weight is 184 g/mol. The van der Waals surface area contributed by atoms with E-state index in [-0.39, 0.29) is 0 Å². The lowest BCUT2D eigenvalue weighted by Gasteiger charge is -2.35. The molecule has 0 N–H and O–H groups in total. The minimum absolute atomic E-state index is 0.483. The van der Waals surface area contributed by atoms with E-state index in [0.29, 0.717) is 11.1 Å². The van der Waals surface area contributed by atoms with E-state index >= 15 is 0 Å². The highest BCUT2D eigenvalue weighted by Gasteiger charge is 2.27. The van der Waals surface area contributed by atoms with Gasteiger partial charge in [-0.3, -0.25) is 4.98 Å². The van der Waals surface area contributed by atoms with Crippen molar-refractivity contribution in [2.24, 2.45) is 0 Å². The van der Waals surface area contributed by atoms with Gasteiger partial charge in [0.2, 0.25) is 0 Å². The SMILES string of the molecule is CN1CC(c2nccnc2Cl)C1. The van der Waals surface area contributed by atoms with Crippen LogP contribution < -0.4 is 0 Å². The van der Waals surface area contributed by atoms with Crippen LogP contribution in [0.2, 0.25) is 5.15 Å². The topological polar surface area (TPSA) is 29.0 Å². The Morgan fingerprint density at radius 3 is 2.67 bits per heavy atom. The summed E-state index contributed by atoms with van der Waals surface area (Å²) in [7, 11) is 2.08. The van der Waals surface area contributed by atoms with Crippen molar-refractivity contribution < 1.29 is 0 Å². The maximum Gasteiger partial charge on any atom is 0.150 e. The van der Waals surface area contributed by atoms with E-state index in [1.54, 1.807) is 12.4 Å². The van der Waals surface area contributed by atoms with Crippen LogP contribution in [-0.2, 0) is 0 Å². The third-order valence-electron chi connectivity index (χ3n) is 2.13. The molecule has 0 aromatic carbocycles. The number of hydrogen-bond acceptors (Lipinski definition) is 3. The summed E-state index contributed by atoms with van der Waals surface area (Å²) in [5.74, 6) is 0.483. The fourth-order valence-electron chi connectivity index (χ4n) is 1.48. The summed E-state index contributed by atoms with van der Waals surface area (Å²) in [6.07, 6.45) is 3.31. The number of likely N-dealkylation sites (tertiary alicyclic amines) is 1.